The standard InChI is InChI=1S/C13H13ClFNO3/c14-13-8(2-1-3-10(13)15)7-16-9(6-12(18)19)4-5-11(16)17/h1-3,9H,4-7H2,(H,18,19)/t9-/m0/s1. The van der Waals surface area contributed by atoms with E-state index in [-0.39, 0.29) is 29.9 Å². The zero-order chi connectivity index (χ0) is 14.0. The van der Waals surface area contributed by atoms with Gasteiger partial charge in [0.25, 0.3) is 0 Å². The van der Waals surface area contributed by atoms with Gasteiger partial charge in [-0.1, -0.05) is 23.7 Å². The molecule has 1 aromatic carbocycles. The van der Waals surface area contributed by atoms with Gasteiger partial charge in [0.2, 0.25) is 5.91 Å². The maximum Gasteiger partial charge on any atom is 0.305 e. The first kappa shape index (κ1) is 13.8. The number of hydrogen-bond acceptors (Lipinski definition) is 2. The molecule has 0 radical (unpaired) electrons. The summed E-state index contributed by atoms with van der Waals surface area (Å²) >= 11 is 5.84. The largest absolute Gasteiger partial charge is 0.481 e. The highest BCUT2D eigenvalue weighted by Crippen LogP contribution is 2.27. The summed E-state index contributed by atoms with van der Waals surface area (Å²) in [6, 6.07) is 4.05. The Morgan fingerprint density at radius 1 is 1.53 bits per heavy atom. The van der Waals surface area contributed by atoms with Crippen LogP contribution in [0.25, 0.3) is 0 Å². The maximum absolute atomic E-state index is 13.3. The second kappa shape index (κ2) is 5.57. The number of halogens is 2. The predicted molar refractivity (Wildman–Crippen MR) is 67.2 cm³/mol. The molecule has 1 aliphatic rings. The zero-order valence-electron chi connectivity index (χ0n) is 10.1. The first-order chi connectivity index (χ1) is 8.99. The van der Waals surface area contributed by atoms with Crippen LogP contribution in [0.15, 0.2) is 18.2 Å². The lowest BCUT2D eigenvalue weighted by Gasteiger charge is -2.24. The van der Waals surface area contributed by atoms with Crippen molar-refractivity contribution in [2.24, 2.45) is 0 Å². The first-order valence-electron chi connectivity index (χ1n) is 5.93. The number of rotatable bonds is 4. The lowest BCUT2D eigenvalue weighted by Crippen LogP contribution is -2.34. The topological polar surface area (TPSA) is 57.6 Å². The molecule has 0 spiro atoms. The fourth-order valence-electron chi connectivity index (χ4n) is 2.28. The molecule has 1 fully saturated rings. The van der Waals surface area contributed by atoms with E-state index in [1.807, 2.05) is 0 Å². The minimum absolute atomic E-state index is 0.0173. The quantitative estimate of drug-likeness (QED) is 0.924. The van der Waals surface area contributed by atoms with E-state index in [9.17, 15) is 14.0 Å². The molecule has 1 aliphatic heterocycles. The van der Waals surface area contributed by atoms with Crippen LogP contribution in [0.4, 0.5) is 4.39 Å². The minimum atomic E-state index is -0.949. The molecule has 0 saturated carbocycles. The van der Waals surface area contributed by atoms with Crippen molar-refractivity contribution < 1.29 is 19.1 Å². The van der Waals surface area contributed by atoms with E-state index >= 15 is 0 Å². The van der Waals surface area contributed by atoms with Crippen molar-refractivity contribution in [2.45, 2.75) is 31.8 Å². The Bertz CT molecular complexity index is 521. The van der Waals surface area contributed by atoms with Crippen LogP contribution in [0.2, 0.25) is 5.02 Å². The number of carbonyl (C=O) groups excluding carboxylic acids is 1. The van der Waals surface area contributed by atoms with E-state index < -0.39 is 11.8 Å². The lowest BCUT2D eigenvalue weighted by atomic mass is 10.1. The summed E-state index contributed by atoms with van der Waals surface area (Å²) in [6.45, 7) is 0.146. The second-order valence-corrected chi connectivity index (χ2v) is 4.90. The van der Waals surface area contributed by atoms with Gasteiger partial charge in [-0.2, -0.15) is 0 Å². The number of likely N-dealkylation sites (tertiary alicyclic amines) is 1. The monoisotopic (exact) mass is 285 g/mol. The SMILES string of the molecule is O=C(O)C[C@@H]1CCC(=O)N1Cc1cccc(F)c1Cl. The molecule has 4 nitrogen and oxygen atoms in total. The molecule has 1 aromatic rings. The molecule has 1 atom stereocenters. The minimum Gasteiger partial charge on any atom is -0.481 e. The molecular formula is C13H13ClFNO3. The highest BCUT2D eigenvalue weighted by atomic mass is 35.5. The van der Waals surface area contributed by atoms with Crippen LogP contribution in [0.5, 0.6) is 0 Å². The number of carboxylic acids is 1. The van der Waals surface area contributed by atoms with E-state index in [4.69, 9.17) is 16.7 Å². The summed E-state index contributed by atoms with van der Waals surface area (Å²) in [5.41, 5.74) is 0.493. The summed E-state index contributed by atoms with van der Waals surface area (Å²) < 4.78 is 13.3. The number of carbonyl (C=O) groups is 2. The van der Waals surface area contributed by atoms with Crippen LogP contribution in [0, 0.1) is 5.82 Å². The summed E-state index contributed by atoms with van der Waals surface area (Å²) in [5, 5.41) is 8.80. The lowest BCUT2D eigenvalue weighted by molar-refractivity contribution is -0.139. The van der Waals surface area contributed by atoms with Gasteiger partial charge in [0.05, 0.1) is 11.4 Å². The third-order valence-electron chi connectivity index (χ3n) is 3.24. The van der Waals surface area contributed by atoms with Crippen molar-refractivity contribution in [3.05, 3.63) is 34.6 Å². The van der Waals surface area contributed by atoms with Crippen molar-refractivity contribution in [1.29, 1.82) is 0 Å². The van der Waals surface area contributed by atoms with Crippen LogP contribution in [-0.2, 0) is 16.1 Å². The third kappa shape index (κ3) is 3.04. The van der Waals surface area contributed by atoms with Crippen LogP contribution in [-0.4, -0.2) is 27.9 Å². The average Bonchev–Trinajstić information content (AvgIpc) is 2.67. The van der Waals surface area contributed by atoms with Crippen LogP contribution in [0.3, 0.4) is 0 Å². The van der Waals surface area contributed by atoms with E-state index in [2.05, 4.69) is 0 Å². The maximum atomic E-state index is 13.3. The second-order valence-electron chi connectivity index (χ2n) is 4.52. The summed E-state index contributed by atoms with van der Waals surface area (Å²) in [7, 11) is 0. The van der Waals surface area contributed by atoms with Gasteiger partial charge in [0.15, 0.2) is 0 Å². The smallest absolute Gasteiger partial charge is 0.305 e. The van der Waals surface area contributed by atoms with Crippen LogP contribution >= 0.6 is 11.6 Å². The first-order valence-corrected chi connectivity index (χ1v) is 6.31. The molecule has 0 aliphatic carbocycles. The number of nitrogens with zero attached hydrogens (tertiary/aromatic N) is 1. The van der Waals surface area contributed by atoms with Crippen molar-refractivity contribution in [3.8, 4) is 0 Å². The molecule has 0 aromatic heterocycles. The molecule has 102 valence electrons. The molecule has 19 heavy (non-hydrogen) atoms. The molecule has 1 saturated heterocycles. The Balaban J connectivity index is 2.17. The Morgan fingerprint density at radius 3 is 2.95 bits per heavy atom. The fourth-order valence-corrected chi connectivity index (χ4v) is 2.46. The van der Waals surface area contributed by atoms with Gasteiger partial charge >= 0.3 is 5.97 Å². The number of amides is 1. The summed E-state index contributed by atoms with van der Waals surface area (Å²) in [6.07, 6.45) is 0.738. The third-order valence-corrected chi connectivity index (χ3v) is 3.66. The van der Waals surface area contributed by atoms with Crippen LogP contribution < -0.4 is 0 Å². The van der Waals surface area contributed by atoms with Gasteiger partial charge in [-0.3, -0.25) is 9.59 Å². The van der Waals surface area contributed by atoms with Gasteiger partial charge in [-0.25, -0.2) is 4.39 Å². The number of carboxylic acid groups (broad SMARTS) is 1. The number of aliphatic carboxylic acids is 1. The van der Waals surface area contributed by atoms with Gasteiger partial charge < -0.3 is 10.0 Å². The molecule has 2 rings (SSSR count). The van der Waals surface area contributed by atoms with Crippen molar-refractivity contribution in [2.75, 3.05) is 0 Å². The Morgan fingerprint density at radius 2 is 2.26 bits per heavy atom. The zero-order valence-corrected chi connectivity index (χ0v) is 10.9. The van der Waals surface area contributed by atoms with E-state index in [1.165, 1.54) is 17.0 Å². The summed E-state index contributed by atoms with van der Waals surface area (Å²) in [5.74, 6) is -1.61. The van der Waals surface area contributed by atoms with E-state index in [0.29, 0.717) is 18.4 Å². The van der Waals surface area contributed by atoms with Gasteiger partial charge in [0, 0.05) is 19.0 Å². The molecule has 0 unspecified atom stereocenters. The van der Waals surface area contributed by atoms with Crippen molar-refractivity contribution in [3.63, 3.8) is 0 Å². The normalized spacial score (nSPS) is 18.9. The van der Waals surface area contributed by atoms with E-state index in [0.717, 1.165) is 0 Å². The molecule has 6 heteroatoms. The summed E-state index contributed by atoms with van der Waals surface area (Å²) in [4.78, 5) is 24.0. The average molecular weight is 286 g/mol. The molecule has 1 amide bonds. The molecule has 1 heterocycles. The van der Waals surface area contributed by atoms with Crippen molar-refractivity contribution >= 4 is 23.5 Å². The molecule has 1 N–H and O–H groups in total. The highest BCUT2D eigenvalue weighted by molar-refractivity contribution is 6.31. The van der Waals surface area contributed by atoms with Crippen molar-refractivity contribution in [1.82, 2.24) is 4.90 Å². The van der Waals surface area contributed by atoms with E-state index in [1.54, 1.807) is 6.07 Å². The Hall–Kier alpha value is -1.62. The highest BCUT2D eigenvalue weighted by Gasteiger charge is 2.32. The Kier molecular flexibility index (Phi) is 4.04. The van der Waals surface area contributed by atoms with Gasteiger partial charge in [-0.05, 0) is 18.1 Å². The van der Waals surface area contributed by atoms with Gasteiger partial charge in [-0.15, -0.1) is 0 Å². The number of benzene rings is 1. The van der Waals surface area contributed by atoms with Gasteiger partial charge in [0.1, 0.15) is 5.82 Å². The van der Waals surface area contributed by atoms with Crippen LogP contribution in [0.1, 0.15) is 24.8 Å². The molecular weight excluding hydrogens is 273 g/mol. The Labute approximate surface area is 114 Å². The molecule has 0 bridgehead atoms. The predicted octanol–water partition coefficient (Wildman–Crippen LogP) is 2.44. The fraction of sp³-hybridized carbons (Fsp3) is 0.385. The number of hydrogen-bond donors (Lipinski definition) is 1.